The van der Waals surface area contributed by atoms with Gasteiger partial charge in [-0.15, -0.1) is 11.3 Å². The van der Waals surface area contributed by atoms with Gasteiger partial charge in [0.05, 0.1) is 70.4 Å². The van der Waals surface area contributed by atoms with E-state index in [1.54, 1.807) is 9.80 Å². The summed E-state index contributed by atoms with van der Waals surface area (Å²) >= 11 is 7.24. The molecule has 6 aromatic heterocycles. The molecule has 6 fully saturated rings. The van der Waals surface area contributed by atoms with Gasteiger partial charge < -0.3 is 32.8 Å². The molecule has 0 aliphatic carbocycles. The van der Waals surface area contributed by atoms with Crippen LogP contribution < -0.4 is 20.4 Å². The average Bonchev–Trinajstić information content (AvgIpc) is 1.76. The van der Waals surface area contributed by atoms with Crippen LogP contribution >= 0.6 is 22.9 Å². The SMILES string of the molecule is CC(C)(C)Cc1cc(NC(=O)[C@@H]2CCCN2C2CCOCC2)on1.CC(C)(C)Cc1cc(NC(=O)[C@@H]2CCCN2CC2CCOCC2)on1.CC(C)(C)c1cc(CC(=O)[C@@H]2CCCN2c2ncc(Cl)cc2F)on1.CC(C)(C)c1csc(CC(=O)[C@@H]2CCCN2c2ccc(C(F)(F)F)cn2)n1. The van der Waals surface area contributed by atoms with Gasteiger partial charge in [0.15, 0.2) is 23.2 Å². The number of aromatic nitrogens is 6. The van der Waals surface area contributed by atoms with Gasteiger partial charge in [-0.3, -0.25) is 39.6 Å². The highest BCUT2D eigenvalue weighted by atomic mass is 35.5. The van der Waals surface area contributed by atoms with E-state index in [2.05, 4.69) is 113 Å². The molecule has 0 bridgehead atoms. The normalized spacial score (nSPS) is 20.6. The van der Waals surface area contributed by atoms with E-state index >= 15 is 0 Å². The minimum Gasteiger partial charge on any atom is -0.381 e. The number of nitrogens with one attached hydrogen (secondary N) is 2. The predicted molar refractivity (Wildman–Crippen MR) is 381 cm³/mol. The first-order chi connectivity index (χ1) is 47.6. The van der Waals surface area contributed by atoms with Crippen LogP contribution in [0.5, 0.6) is 0 Å². The first kappa shape index (κ1) is 78.4. The van der Waals surface area contributed by atoms with Gasteiger partial charge in [0.25, 0.3) is 0 Å². The molecule has 0 spiro atoms. The standard InChI is InChI=1S/C19H22F3N3OS.C19H31N3O3.C18H21ClFN3O2.C18H29N3O3/c1-18(2,3)15-11-27-17(24-15)9-14(26)13-5-4-8-25(13)16-7-6-12(10-23-16)19(20,21)22;1-19(2,3)12-15-11-17(25-21-15)20-18(23)16-5-4-8-22(16)13-14-6-9-24-10-7-14;1-18(2,3)16-9-12(25-22-16)8-15(24)14-5-4-6-23(14)17-13(20)7-11(19)10-21-17;1-18(2,3)12-13-11-16(24-20-13)19-17(22)15-5-4-8-21(15)14-6-9-23-10-7-14/h6-7,10-11,13H,4-5,8-9H2,1-3H3;11,14,16H,4-10,12-13H2,1-3H3,(H,20,23);7,9-10,14H,4-6,8H2,1-3H3;11,14-15H,4-10,12H2,1-3H3,(H,19,22)/t13-;16-;14-;15-/m0000/s1. The first-order valence-electron chi connectivity index (χ1n) is 35.7. The van der Waals surface area contributed by atoms with Crippen LogP contribution in [0.15, 0.2) is 67.7 Å². The lowest BCUT2D eigenvalue weighted by Gasteiger charge is -2.34. The van der Waals surface area contributed by atoms with Gasteiger partial charge in [-0.1, -0.05) is 110 Å². The number of ketones is 2. The quantitative estimate of drug-likeness (QED) is 0.0807. The predicted octanol–water partition coefficient (Wildman–Crippen LogP) is 14.5. The van der Waals surface area contributed by atoms with Gasteiger partial charge in [0.1, 0.15) is 16.6 Å². The number of anilines is 4. The number of carbonyl (C=O) groups is 4. The number of carbonyl (C=O) groups excluding carboxylic acids is 4. The molecular formula is C74H103ClF4N12O9S. The number of nitrogens with zero attached hydrogens (tertiary/aromatic N) is 10. The van der Waals surface area contributed by atoms with E-state index in [0.29, 0.717) is 61.2 Å². The lowest BCUT2D eigenvalue weighted by molar-refractivity contribution is -0.138. The van der Waals surface area contributed by atoms with E-state index in [4.69, 9.17) is 34.6 Å². The second-order valence-electron chi connectivity index (χ2n) is 31.9. The molecular weight excluding hydrogens is 1340 g/mol. The number of pyridine rings is 2. The van der Waals surface area contributed by atoms with Gasteiger partial charge in [-0.05, 0) is 138 Å². The van der Waals surface area contributed by atoms with E-state index < -0.39 is 23.6 Å². The lowest BCUT2D eigenvalue weighted by atomic mass is 9.91. The molecule has 21 nitrogen and oxygen atoms in total. The third-order valence-electron chi connectivity index (χ3n) is 18.8. The van der Waals surface area contributed by atoms with Gasteiger partial charge in [-0.25, -0.2) is 19.3 Å². The van der Waals surface area contributed by atoms with Crippen LogP contribution in [0.1, 0.15) is 199 Å². The highest BCUT2D eigenvalue weighted by molar-refractivity contribution is 7.09. The van der Waals surface area contributed by atoms with Crippen molar-refractivity contribution in [1.29, 1.82) is 0 Å². The van der Waals surface area contributed by atoms with Crippen LogP contribution in [0.2, 0.25) is 5.02 Å². The van der Waals surface area contributed by atoms with Crippen molar-refractivity contribution in [2.75, 3.05) is 79.6 Å². The summed E-state index contributed by atoms with van der Waals surface area (Å²) in [6, 6.07) is 8.65. The van der Waals surface area contributed by atoms with E-state index in [1.165, 1.54) is 29.7 Å². The molecule has 2 amide bonds. The van der Waals surface area contributed by atoms with Crippen molar-refractivity contribution in [2.45, 2.75) is 233 Å². The Labute approximate surface area is 600 Å². The van der Waals surface area contributed by atoms with E-state index in [9.17, 15) is 36.7 Å². The molecule has 6 aliphatic rings. The van der Waals surface area contributed by atoms with Crippen molar-refractivity contribution in [3.8, 4) is 0 Å². The second kappa shape index (κ2) is 34.3. The number of thiazole rings is 1. The fourth-order valence-electron chi connectivity index (χ4n) is 13.6. The summed E-state index contributed by atoms with van der Waals surface area (Å²) in [6.45, 7) is 32.8. The number of hydrogen-bond donors (Lipinski definition) is 2. The molecule has 6 aliphatic heterocycles. The molecule has 6 aromatic rings. The molecule has 6 saturated heterocycles. The summed E-state index contributed by atoms with van der Waals surface area (Å²) in [6.07, 6.45) is 11.0. The highest BCUT2D eigenvalue weighted by Gasteiger charge is 2.40. The van der Waals surface area contributed by atoms with Crippen molar-refractivity contribution < 1.29 is 59.8 Å². The first-order valence-corrected chi connectivity index (χ1v) is 36.9. The molecule has 2 N–H and O–H groups in total. The molecule has 0 aromatic carbocycles. The molecule has 12 rings (SSSR count). The molecule has 0 saturated carbocycles. The number of Topliss-reactive ketones (excluding diaryl/α,β-unsaturated/α-hetero) is 2. The number of likely N-dealkylation sites (tertiary alicyclic amines) is 2. The Hall–Kier alpha value is -6.71. The molecule has 4 atom stereocenters. The number of ether oxygens (including phenoxy) is 2. The van der Waals surface area contributed by atoms with Crippen LogP contribution in [0, 0.1) is 22.6 Å². The fourth-order valence-corrected chi connectivity index (χ4v) is 14.8. The maximum Gasteiger partial charge on any atom is 0.417 e. The van der Waals surface area contributed by atoms with Crippen molar-refractivity contribution >= 4 is 69.7 Å². The Kier molecular flexibility index (Phi) is 26.6. The Bertz CT molecular complexity index is 3670. The zero-order chi connectivity index (χ0) is 73.0. The third-order valence-corrected chi connectivity index (χ3v) is 19.8. The molecule has 101 heavy (non-hydrogen) atoms. The Morgan fingerprint density at radius 1 is 0.594 bits per heavy atom. The minimum atomic E-state index is -4.42. The smallest absolute Gasteiger partial charge is 0.381 e. The number of halogens is 5. The summed E-state index contributed by atoms with van der Waals surface area (Å²) in [5.41, 5.74) is 2.83. The van der Waals surface area contributed by atoms with Gasteiger partial charge >= 0.3 is 6.18 Å². The van der Waals surface area contributed by atoms with Gasteiger partial charge in [0.2, 0.25) is 23.6 Å². The van der Waals surface area contributed by atoms with Crippen LogP contribution in [-0.4, -0.2) is 153 Å². The van der Waals surface area contributed by atoms with Crippen molar-refractivity contribution in [3.05, 3.63) is 104 Å². The van der Waals surface area contributed by atoms with Gasteiger partial charge in [-0.2, -0.15) is 13.2 Å². The Morgan fingerprint density at radius 3 is 1.69 bits per heavy atom. The topological polar surface area (TPSA) is 241 Å². The van der Waals surface area contributed by atoms with E-state index in [0.717, 1.165) is 163 Å². The summed E-state index contributed by atoms with van der Waals surface area (Å²) < 4.78 is 79.1. The summed E-state index contributed by atoms with van der Waals surface area (Å²) in [5.74, 6) is 2.23. The van der Waals surface area contributed by atoms with Crippen LogP contribution in [-0.2, 0) is 71.3 Å². The molecule has 0 radical (unpaired) electrons. The summed E-state index contributed by atoms with van der Waals surface area (Å²) in [7, 11) is 0. The number of hydrogen-bond acceptors (Lipinski definition) is 20. The van der Waals surface area contributed by atoms with Crippen molar-refractivity contribution in [1.82, 2.24) is 40.2 Å². The number of rotatable bonds is 17. The highest BCUT2D eigenvalue weighted by Crippen LogP contribution is 2.35. The average molecular weight is 1450 g/mol. The molecule has 0 unspecified atom stereocenters. The third kappa shape index (κ3) is 22.9. The Balaban J connectivity index is 0.000000157. The molecule has 27 heteroatoms. The maximum atomic E-state index is 14.2. The number of alkyl halides is 3. The largest absolute Gasteiger partial charge is 0.417 e. The monoisotopic (exact) mass is 1450 g/mol. The minimum absolute atomic E-state index is 0.0229. The van der Waals surface area contributed by atoms with Gasteiger partial charge in [0, 0.05) is 98.9 Å². The van der Waals surface area contributed by atoms with Crippen molar-refractivity contribution in [3.63, 3.8) is 0 Å². The second-order valence-corrected chi connectivity index (χ2v) is 33.3. The number of amides is 2. The van der Waals surface area contributed by atoms with Crippen LogP contribution in [0.4, 0.5) is 41.0 Å². The molecule has 554 valence electrons. The Morgan fingerprint density at radius 2 is 1.14 bits per heavy atom. The van der Waals surface area contributed by atoms with E-state index in [-0.39, 0.29) is 86.8 Å². The zero-order valence-electron chi connectivity index (χ0n) is 60.8. The zero-order valence-corrected chi connectivity index (χ0v) is 62.4. The van der Waals surface area contributed by atoms with E-state index in [1.807, 2.05) is 44.4 Å². The van der Waals surface area contributed by atoms with Crippen LogP contribution in [0.25, 0.3) is 0 Å². The summed E-state index contributed by atoms with van der Waals surface area (Å²) in [4.78, 5) is 71.7. The summed E-state index contributed by atoms with van der Waals surface area (Å²) in [5, 5.41) is 21.0. The maximum absolute atomic E-state index is 14.2. The molecule has 12 heterocycles. The van der Waals surface area contributed by atoms with Crippen LogP contribution in [0.3, 0.4) is 0 Å². The fraction of sp³-hybridized carbons (Fsp3) is 0.649. The van der Waals surface area contributed by atoms with Crippen molar-refractivity contribution in [2.24, 2.45) is 16.7 Å². The lowest BCUT2D eigenvalue weighted by Crippen LogP contribution is -2.47.